The Hall–Kier alpha value is -3.02. The van der Waals surface area contributed by atoms with Crippen LogP contribution in [0.4, 0.5) is 4.39 Å². The molecular formula is C21H21FN2O3. The minimum absolute atomic E-state index is 0.150. The molecule has 6 heteroatoms. The van der Waals surface area contributed by atoms with Crippen LogP contribution in [0.15, 0.2) is 59.8 Å². The van der Waals surface area contributed by atoms with Gasteiger partial charge in [-0.05, 0) is 42.5 Å². The van der Waals surface area contributed by atoms with Crippen molar-refractivity contribution in [1.82, 2.24) is 4.90 Å². The van der Waals surface area contributed by atoms with Crippen LogP contribution in [0.5, 0.6) is 0 Å². The first kappa shape index (κ1) is 18.8. The van der Waals surface area contributed by atoms with Crippen LogP contribution in [0.2, 0.25) is 0 Å². The maximum absolute atomic E-state index is 13.0. The summed E-state index contributed by atoms with van der Waals surface area (Å²) in [4.78, 5) is 26.2. The standard InChI is InChI=1S/C21H21FN2O3/c22-17-11-9-15(10-12-17)18(23-27)7-4-8-20(25)24-19(13-14-21(24)26)16-5-2-1-3-6-16/h1-3,5-6,9-12,19,27H,4,7-8,13-14H2/b23-18-/t19-/m1/s1. The Kier molecular flexibility index (Phi) is 5.96. The molecule has 1 aliphatic heterocycles. The summed E-state index contributed by atoms with van der Waals surface area (Å²) in [7, 11) is 0. The maximum atomic E-state index is 13.0. The number of nitrogens with zero attached hydrogens (tertiary/aromatic N) is 2. The minimum atomic E-state index is -0.370. The normalized spacial score (nSPS) is 17.4. The van der Waals surface area contributed by atoms with Crippen LogP contribution in [0.3, 0.4) is 0 Å². The van der Waals surface area contributed by atoms with Gasteiger partial charge in [0.05, 0.1) is 11.8 Å². The lowest BCUT2D eigenvalue weighted by Crippen LogP contribution is -2.34. The molecule has 2 amide bonds. The van der Waals surface area contributed by atoms with E-state index in [0.29, 0.717) is 37.0 Å². The number of likely N-dealkylation sites (tertiary alicyclic amines) is 1. The molecule has 2 aromatic rings. The van der Waals surface area contributed by atoms with E-state index in [2.05, 4.69) is 5.16 Å². The number of imide groups is 1. The van der Waals surface area contributed by atoms with Crippen LogP contribution in [-0.2, 0) is 9.59 Å². The van der Waals surface area contributed by atoms with Gasteiger partial charge < -0.3 is 5.21 Å². The van der Waals surface area contributed by atoms with Crippen molar-refractivity contribution in [2.24, 2.45) is 5.16 Å². The molecule has 0 saturated carbocycles. The Morgan fingerprint density at radius 2 is 1.81 bits per heavy atom. The Labute approximate surface area is 157 Å². The average molecular weight is 368 g/mol. The molecule has 1 N–H and O–H groups in total. The highest BCUT2D eigenvalue weighted by molar-refractivity contribution is 6.01. The number of benzene rings is 2. The van der Waals surface area contributed by atoms with E-state index in [1.54, 1.807) is 0 Å². The zero-order valence-corrected chi connectivity index (χ0v) is 14.8. The Bertz CT molecular complexity index is 834. The summed E-state index contributed by atoms with van der Waals surface area (Å²) in [5.74, 6) is -0.739. The lowest BCUT2D eigenvalue weighted by Gasteiger charge is -2.23. The molecule has 0 bridgehead atoms. The molecule has 1 saturated heterocycles. The molecule has 1 heterocycles. The molecule has 0 aliphatic carbocycles. The SMILES string of the molecule is O=C(CCC/C(=N/O)c1ccc(F)cc1)N1C(=O)CC[C@@H]1c1ccccc1. The third-order valence-corrected chi connectivity index (χ3v) is 4.77. The average Bonchev–Trinajstić information content (AvgIpc) is 3.08. The van der Waals surface area contributed by atoms with Crippen molar-refractivity contribution < 1.29 is 19.2 Å². The van der Waals surface area contributed by atoms with Crippen LogP contribution in [-0.4, -0.2) is 27.6 Å². The van der Waals surface area contributed by atoms with Crippen LogP contribution < -0.4 is 0 Å². The molecule has 1 aliphatic rings. The van der Waals surface area contributed by atoms with Gasteiger partial charge in [0.2, 0.25) is 11.8 Å². The van der Waals surface area contributed by atoms with Crippen LogP contribution in [0, 0.1) is 5.82 Å². The number of hydrogen-bond acceptors (Lipinski definition) is 4. The van der Waals surface area contributed by atoms with Gasteiger partial charge in [0.25, 0.3) is 0 Å². The molecule has 3 rings (SSSR count). The van der Waals surface area contributed by atoms with E-state index in [9.17, 15) is 19.2 Å². The smallest absolute Gasteiger partial charge is 0.229 e. The lowest BCUT2D eigenvalue weighted by molar-refractivity contribution is -0.144. The van der Waals surface area contributed by atoms with Crippen molar-refractivity contribution in [2.75, 3.05) is 0 Å². The third kappa shape index (κ3) is 4.39. The van der Waals surface area contributed by atoms with Crippen LogP contribution in [0.1, 0.15) is 49.3 Å². The summed E-state index contributed by atoms with van der Waals surface area (Å²) in [5.41, 5.74) is 1.95. The molecule has 1 fully saturated rings. The molecule has 140 valence electrons. The van der Waals surface area contributed by atoms with Gasteiger partial charge in [0.15, 0.2) is 0 Å². The second-order valence-electron chi connectivity index (χ2n) is 6.53. The zero-order valence-electron chi connectivity index (χ0n) is 14.8. The topological polar surface area (TPSA) is 70.0 Å². The van der Waals surface area contributed by atoms with Crippen molar-refractivity contribution >= 4 is 17.5 Å². The molecule has 2 aromatic carbocycles. The second-order valence-corrected chi connectivity index (χ2v) is 6.53. The second kappa shape index (κ2) is 8.58. The summed E-state index contributed by atoms with van der Waals surface area (Å²) in [6, 6.07) is 15.0. The molecule has 0 radical (unpaired) electrons. The van der Waals surface area contributed by atoms with Crippen molar-refractivity contribution in [3.8, 4) is 0 Å². The Morgan fingerprint density at radius 1 is 1.11 bits per heavy atom. The molecule has 0 unspecified atom stereocenters. The number of oxime groups is 1. The van der Waals surface area contributed by atoms with E-state index < -0.39 is 0 Å². The molecule has 27 heavy (non-hydrogen) atoms. The Morgan fingerprint density at radius 3 is 2.48 bits per heavy atom. The number of amides is 2. The van der Waals surface area contributed by atoms with Crippen LogP contribution in [0.25, 0.3) is 0 Å². The van der Waals surface area contributed by atoms with Gasteiger partial charge >= 0.3 is 0 Å². The molecule has 1 atom stereocenters. The summed E-state index contributed by atoms with van der Waals surface area (Å²) in [6.07, 6.45) is 1.96. The van der Waals surface area contributed by atoms with Crippen molar-refractivity contribution in [2.45, 2.75) is 38.1 Å². The largest absolute Gasteiger partial charge is 0.411 e. The van der Waals surface area contributed by atoms with Gasteiger partial charge in [0, 0.05) is 12.8 Å². The number of hydrogen-bond donors (Lipinski definition) is 1. The van der Waals surface area contributed by atoms with Gasteiger partial charge in [-0.25, -0.2) is 4.39 Å². The first-order valence-electron chi connectivity index (χ1n) is 8.97. The van der Waals surface area contributed by atoms with Gasteiger partial charge in [-0.2, -0.15) is 0 Å². The first-order valence-corrected chi connectivity index (χ1v) is 8.97. The molecule has 5 nitrogen and oxygen atoms in total. The predicted octanol–water partition coefficient (Wildman–Crippen LogP) is 4.06. The fraction of sp³-hybridized carbons (Fsp3) is 0.286. The summed E-state index contributed by atoms with van der Waals surface area (Å²) in [6.45, 7) is 0. The number of carbonyl (C=O) groups excluding carboxylic acids is 2. The van der Waals surface area contributed by atoms with E-state index in [1.807, 2.05) is 30.3 Å². The lowest BCUT2D eigenvalue weighted by atomic mass is 10.0. The van der Waals surface area contributed by atoms with E-state index in [1.165, 1.54) is 29.2 Å². The quantitative estimate of drug-likeness (QED) is 0.475. The zero-order chi connectivity index (χ0) is 19.2. The number of rotatable bonds is 6. The number of carbonyl (C=O) groups is 2. The van der Waals surface area contributed by atoms with E-state index >= 15 is 0 Å². The van der Waals surface area contributed by atoms with Gasteiger partial charge in [0.1, 0.15) is 5.82 Å². The summed E-state index contributed by atoms with van der Waals surface area (Å²) < 4.78 is 13.0. The van der Waals surface area contributed by atoms with E-state index in [4.69, 9.17) is 0 Å². The van der Waals surface area contributed by atoms with E-state index in [0.717, 1.165) is 5.56 Å². The third-order valence-electron chi connectivity index (χ3n) is 4.77. The van der Waals surface area contributed by atoms with Gasteiger partial charge in [-0.15, -0.1) is 0 Å². The highest BCUT2D eigenvalue weighted by atomic mass is 19.1. The fourth-order valence-corrected chi connectivity index (χ4v) is 3.41. The maximum Gasteiger partial charge on any atom is 0.229 e. The molecule has 0 aromatic heterocycles. The summed E-state index contributed by atoms with van der Waals surface area (Å²) in [5, 5.41) is 12.5. The van der Waals surface area contributed by atoms with Crippen LogP contribution >= 0.6 is 0 Å². The van der Waals surface area contributed by atoms with Gasteiger partial charge in [-0.1, -0.05) is 47.6 Å². The number of halogens is 1. The minimum Gasteiger partial charge on any atom is -0.411 e. The highest BCUT2D eigenvalue weighted by Gasteiger charge is 2.36. The van der Waals surface area contributed by atoms with Gasteiger partial charge in [-0.3, -0.25) is 14.5 Å². The van der Waals surface area contributed by atoms with Crippen molar-refractivity contribution in [1.29, 1.82) is 0 Å². The predicted molar refractivity (Wildman–Crippen MR) is 98.8 cm³/mol. The van der Waals surface area contributed by atoms with Crippen molar-refractivity contribution in [3.05, 3.63) is 71.5 Å². The highest BCUT2D eigenvalue weighted by Crippen LogP contribution is 2.33. The molecular weight excluding hydrogens is 347 g/mol. The van der Waals surface area contributed by atoms with Crippen molar-refractivity contribution in [3.63, 3.8) is 0 Å². The Balaban J connectivity index is 1.61. The first-order chi connectivity index (χ1) is 13.1. The molecule has 0 spiro atoms. The summed E-state index contributed by atoms with van der Waals surface area (Å²) >= 11 is 0. The van der Waals surface area contributed by atoms with E-state index in [-0.39, 0.29) is 30.1 Å². The fourth-order valence-electron chi connectivity index (χ4n) is 3.41. The monoisotopic (exact) mass is 368 g/mol.